The quantitative estimate of drug-likeness (QED) is 0.236. The molecular weight excluding hydrogens is 587 g/mol. The molecule has 1 aliphatic heterocycles. The summed E-state index contributed by atoms with van der Waals surface area (Å²) in [6, 6.07) is 6.19. The van der Waals surface area contributed by atoms with Crippen LogP contribution in [0.25, 0.3) is 10.9 Å². The second-order valence-electron chi connectivity index (χ2n) is 11.2. The maximum absolute atomic E-state index is 16.5. The minimum Gasteiger partial charge on any atom is -0.469 e. The van der Waals surface area contributed by atoms with Gasteiger partial charge in [0, 0.05) is 38.1 Å². The zero-order valence-corrected chi connectivity index (χ0v) is 24.7. The summed E-state index contributed by atoms with van der Waals surface area (Å²) in [4.78, 5) is 39.7. The van der Waals surface area contributed by atoms with E-state index in [2.05, 4.69) is 5.32 Å². The molecule has 1 aromatic heterocycles. The predicted molar refractivity (Wildman–Crippen MR) is 154 cm³/mol. The van der Waals surface area contributed by atoms with Crippen LogP contribution in [0.15, 0.2) is 36.5 Å². The second kappa shape index (κ2) is 12.7. The topological polar surface area (TPSA) is 89.9 Å². The molecule has 0 bridgehead atoms. The summed E-state index contributed by atoms with van der Waals surface area (Å²) in [5.41, 5.74) is 0.554. The molecule has 2 aliphatic rings. The van der Waals surface area contributed by atoms with Gasteiger partial charge in [-0.05, 0) is 74.4 Å². The molecule has 1 aliphatic carbocycles. The largest absolute Gasteiger partial charge is 0.469 e. The summed E-state index contributed by atoms with van der Waals surface area (Å²) in [7, 11) is 2.99. The van der Waals surface area contributed by atoms with Crippen molar-refractivity contribution in [2.24, 2.45) is 13.0 Å². The van der Waals surface area contributed by atoms with Gasteiger partial charge in [0.2, 0.25) is 5.78 Å². The number of likely N-dealkylation sites (tertiary alicyclic amines) is 1. The van der Waals surface area contributed by atoms with E-state index in [0.717, 1.165) is 6.07 Å². The number of methoxy groups -OCH3 is 1. The van der Waals surface area contributed by atoms with Gasteiger partial charge in [-0.3, -0.25) is 14.4 Å². The summed E-state index contributed by atoms with van der Waals surface area (Å²) in [6.07, 6.45) is 3.36. The van der Waals surface area contributed by atoms with Crippen molar-refractivity contribution in [2.45, 2.75) is 57.0 Å². The van der Waals surface area contributed by atoms with Crippen molar-refractivity contribution in [3.8, 4) is 0 Å². The van der Waals surface area contributed by atoms with Gasteiger partial charge in [0.05, 0.1) is 40.9 Å². The maximum Gasteiger partial charge on any atom is 0.330 e. The number of hydrogen-bond donors (Lipinski definition) is 1. The zero-order valence-electron chi connectivity index (χ0n) is 23.9. The van der Waals surface area contributed by atoms with Crippen LogP contribution >= 0.6 is 11.6 Å². The first kappa shape index (κ1) is 31.0. The van der Waals surface area contributed by atoms with Crippen molar-refractivity contribution >= 4 is 45.9 Å². The van der Waals surface area contributed by atoms with E-state index >= 15 is 8.78 Å². The van der Waals surface area contributed by atoms with Crippen molar-refractivity contribution in [1.29, 1.82) is 0 Å². The van der Waals surface area contributed by atoms with Crippen LogP contribution in [0.2, 0.25) is 5.02 Å². The minimum atomic E-state index is -2.76. The number of nitrogens with one attached hydrogen (secondary N) is 1. The van der Waals surface area contributed by atoms with Crippen LogP contribution in [0.4, 0.5) is 18.9 Å². The van der Waals surface area contributed by atoms with Crippen molar-refractivity contribution < 1.29 is 37.0 Å². The Kier molecular flexibility index (Phi) is 9.15. The molecule has 8 nitrogen and oxygen atoms in total. The van der Waals surface area contributed by atoms with E-state index in [1.54, 1.807) is 11.6 Å². The molecule has 1 atom stereocenters. The highest BCUT2D eigenvalue weighted by atomic mass is 35.5. The maximum atomic E-state index is 16.5. The van der Waals surface area contributed by atoms with Crippen LogP contribution in [-0.4, -0.2) is 59.4 Å². The van der Waals surface area contributed by atoms with E-state index in [0.29, 0.717) is 62.5 Å². The van der Waals surface area contributed by atoms with Crippen LogP contribution in [0, 0.1) is 17.6 Å². The number of Topliss-reactive ketones (excluding diaryl/α,β-unsaturated/α-hetero) is 1. The average Bonchev–Trinajstić information content (AvgIpc) is 3.64. The van der Waals surface area contributed by atoms with Gasteiger partial charge in [-0.25, -0.2) is 13.7 Å². The first-order chi connectivity index (χ1) is 20.5. The van der Waals surface area contributed by atoms with Crippen LogP contribution in [0.1, 0.15) is 54.4 Å². The standard InChI is InChI=1S/C31H33ClF3N3O5/c1-37-17-23(22-10-7-20(33)15-27(22)37)29(40)36-26-16-25(34)19(13-24(26)32)14-28(39)31(35,38-11-3-4-12-38)43-21-8-5-18(6-9-21)30(41)42-2/h7,10,13,15-18,21H,3-6,8-9,11-12,14H2,1-2H3,(H,36,40). The number of hydrogen-bond acceptors (Lipinski definition) is 6. The van der Waals surface area contributed by atoms with Gasteiger partial charge in [0.1, 0.15) is 11.6 Å². The van der Waals surface area contributed by atoms with Gasteiger partial charge >= 0.3 is 11.9 Å². The molecule has 2 aromatic carbocycles. The SMILES string of the molecule is COC(=O)C1CCC(OC(F)(C(=O)Cc2cc(Cl)c(NC(=O)c3cn(C)c4cc(F)ccc34)cc2F)N2CCCC2)CC1. The molecule has 1 saturated heterocycles. The number of esters is 1. The van der Waals surface area contributed by atoms with Gasteiger partial charge in [0.15, 0.2) is 0 Å². The molecule has 2 fully saturated rings. The number of ketones is 1. The van der Waals surface area contributed by atoms with Gasteiger partial charge in [-0.2, -0.15) is 4.39 Å². The van der Waals surface area contributed by atoms with Gasteiger partial charge < -0.3 is 19.4 Å². The van der Waals surface area contributed by atoms with E-state index in [-0.39, 0.29) is 33.7 Å². The Hall–Kier alpha value is -3.41. The number of aromatic nitrogens is 1. The number of halogens is 4. The molecule has 1 unspecified atom stereocenters. The van der Waals surface area contributed by atoms with Crippen molar-refractivity contribution in [3.05, 3.63) is 64.3 Å². The molecule has 2 heterocycles. The van der Waals surface area contributed by atoms with Crippen LogP contribution in [-0.2, 0) is 32.5 Å². The van der Waals surface area contributed by atoms with Crippen LogP contribution < -0.4 is 5.32 Å². The molecule has 1 N–H and O–H groups in total. The Morgan fingerprint density at radius 3 is 2.44 bits per heavy atom. The molecule has 12 heteroatoms. The number of carbonyl (C=O) groups is 3. The minimum absolute atomic E-state index is 0.0378. The predicted octanol–water partition coefficient (Wildman–Crippen LogP) is 5.94. The van der Waals surface area contributed by atoms with E-state index in [9.17, 15) is 18.8 Å². The van der Waals surface area contributed by atoms with Crippen molar-refractivity contribution in [1.82, 2.24) is 9.47 Å². The molecule has 1 amide bonds. The third kappa shape index (κ3) is 6.44. The fourth-order valence-corrected chi connectivity index (χ4v) is 6.19. The lowest BCUT2D eigenvalue weighted by atomic mass is 9.87. The number of amides is 1. The monoisotopic (exact) mass is 619 g/mol. The molecule has 43 heavy (non-hydrogen) atoms. The summed E-state index contributed by atoms with van der Waals surface area (Å²) >= 11 is 6.39. The lowest BCUT2D eigenvalue weighted by Gasteiger charge is -2.37. The summed E-state index contributed by atoms with van der Waals surface area (Å²) in [6.45, 7) is 0.628. The normalized spacial score (nSPS) is 20.6. The number of rotatable bonds is 9. The number of benzene rings is 2. The van der Waals surface area contributed by atoms with Gasteiger partial charge in [-0.15, -0.1) is 0 Å². The highest BCUT2D eigenvalue weighted by Gasteiger charge is 2.49. The first-order valence-corrected chi connectivity index (χ1v) is 14.6. The Labute approximate surface area is 252 Å². The Morgan fingerprint density at radius 2 is 1.77 bits per heavy atom. The molecule has 1 saturated carbocycles. The first-order valence-electron chi connectivity index (χ1n) is 14.3. The Bertz CT molecular complexity index is 1550. The molecular formula is C31H33ClF3N3O5. The molecule has 5 rings (SSSR count). The average molecular weight is 620 g/mol. The third-order valence-electron chi connectivity index (χ3n) is 8.32. The number of anilines is 1. The van der Waals surface area contributed by atoms with Gasteiger partial charge in [-0.1, -0.05) is 11.6 Å². The van der Waals surface area contributed by atoms with E-state index < -0.39 is 41.8 Å². The highest BCUT2D eigenvalue weighted by Crippen LogP contribution is 2.35. The third-order valence-corrected chi connectivity index (χ3v) is 8.63. The number of carbonyl (C=O) groups excluding carboxylic acids is 3. The van der Waals surface area contributed by atoms with Crippen LogP contribution in [0.5, 0.6) is 0 Å². The fourth-order valence-electron chi connectivity index (χ4n) is 5.95. The molecule has 230 valence electrons. The fraction of sp³-hybridized carbons (Fsp3) is 0.452. The summed E-state index contributed by atoms with van der Waals surface area (Å²) in [5, 5.41) is 3.03. The second-order valence-corrected chi connectivity index (χ2v) is 11.6. The van der Waals surface area contributed by atoms with Gasteiger partial charge in [0.25, 0.3) is 5.91 Å². The Balaban J connectivity index is 1.31. The summed E-state index contributed by atoms with van der Waals surface area (Å²) < 4.78 is 57.7. The molecule has 0 spiro atoms. The molecule has 0 radical (unpaired) electrons. The number of ether oxygens (including phenoxy) is 2. The molecule has 3 aromatic rings. The summed E-state index contributed by atoms with van der Waals surface area (Å²) in [5.74, 6) is -6.22. The smallest absolute Gasteiger partial charge is 0.330 e. The van der Waals surface area contributed by atoms with Crippen molar-refractivity contribution in [2.75, 3.05) is 25.5 Å². The van der Waals surface area contributed by atoms with Crippen LogP contribution in [0.3, 0.4) is 0 Å². The lowest BCUT2D eigenvalue weighted by Crippen LogP contribution is -2.54. The number of alkyl halides is 1. The number of nitrogens with zero attached hydrogens (tertiary/aromatic N) is 2. The van der Waals surface area contributed by atoms with E-state index in [4.69, 9.17) is 21.1 Å². The lowest BCUT2D eigenvalue weighted by molar-refractivity contribution is -0.252. The van der Waals surface area contributed by atoms with E-state index in [1.807, 2.05) is 0 Å². The van der Waals surface area contributed by atoms with E-state index in [1.165, 1.54) is 42.5 Å². The Morgan fingerprint density at radius 1 is 1.07 bits per heavy atom. The highest BCUT2D eigenvalue weighted by molar-refractivity contribution is 6.34. The zero-order chi connectivity index (χ0) is 30.9. The number of fused-ring (bicyclic) bond motifs is 1. The number of aryl methyl sites for hydroxylation is 1. The van der Waals surface area contributed by atoms with Crippen molar-refractivity contribution in [3.63, 3.8) is 0 Å².